The van der Waals surface area contributed by atoms with Gasteiger partial charge in [-0.3, -0.25) is 0 Å². The molecule has 0 spiro atoms. The Hall–Kier alpha value is -0.760. The maximum Gasteiger partial charge on any atom is 0.240 e. The molecular weight excluding hydrogens is 360 g/mol. The molecule has 0 fully saturated rings. The van der Waals surface area contributed by atoms with Crippen LogP contribution in [0.4, 0.5) is 0 Å². The molecule has 0 aliphatic rings. The van der Waals surface area contributed by atoms with Gasteiger partial charge in [0.05, 0.1) is 9.90 Å². The molecule has 0 radical (unpaired) electrons. The number of alkyl halides is 1. The van der Waals surface area contributed by atoms with E-state index in [1.807, 2.05) is 12.3 Å². The first kappa shape index (κ1) is 15.6. The van der Waals surface area contributed by atoms with E-state index in [-0.39, 0.29) is 4.90 Å². The van der Waals surface area contributed by atoms with Gasteiger partial charge in [0.1, 0.15) is 0 Å². The molecule has 0 unspecified atom stereocenters. The Morgan fingerprint density at radius 2 is 2.00 bits per heavy atom. The van der Waals surface area contributed by atoms with Crippen LogP contribution in [0.5, 0.6) is 0 Å². The molecule has 0 atom stereocenters. The molecule has 0 saturated carbocycles. The van der Waals surface area contributed by atoms with Crippen LogP contribution in [0, 0.1) is 6.92 Å². The lowest BCUT2D eigenvalue weighted by atomic mass is 10.2. The molecule has 20 heavy (non-hydrogen) atoms. The Morgan fingerprint density at radius 3 is 2.55 bits per heavy atom. The van der Waals surface area contributed by atoms with E-state index < -0.39 is 10.0 Å². The van der Waals surface area contributed by atoms with Gasteiger partial charge >= 0.3 is 0 Å². The second-order valence-corrected chi connectivity index (χ2v) is 7.58. The molecule has 4 nitrogen and oxygen atoms in total. The first-order valence-corrected chi connectivity index (χ1v) is 9.55. The summed E-state index contributed by atoms with van der Waals surface area (Å²) >= 11 is 4.88. The van der Waals surface area contributed by atoms with Crippen LogP contribution in [0.25, 0.3) is 0 Å². The molecule has 108 valence electrons. The number of halogens is 1. The van der Waals surface area contributed by atoms with Crippen molar-refractivity contribution in [1.82, 2.24) is 9.71 Å². The van der Waals surface area contributed by atoms with Crippen molar-refractivity contribution in [1.29, 1.82) is 0 Å². The summed E-state index contributed by atoms with van der Waals surface area (Å²) in [5.41, 5.74) is 2.01. The van der Waals surface area contributed by atoms with Crippen LogP contribution in [-0.4, -0.2) is 19.9 Å². The highest BCUT2D eigenvalue weighted by Gasteiger charge is 2.13. The maximum atomic E-state index is 12.1. The van der Waals surface area contributed by atoms with Crippen LogP contribution in [0.2, 0.25) is 0 Å². The van der Waals surface area contributed by atoms with Crippen molar-refractivity contribution in [3.63, 3.8) is 0 Å². The molecule has 2 aromatic rings. The molecule has 0 aliphatic carbocycles. The van der Waals surface area contributed by atoms with E-state index in [1.54, 1.807) is 35.6 Å². The summed E-state index contributed by atoms with van der Waals surface area (Å²) in [7, 11) is -3.44. The van der Waals surface area contributed by atoms with Gasteiger partial charge in [-0.05, 0) is 24.6 Å². The van der Waals surface area contributed by atoms with E-state index in [4.69, 9.17) is 0 Å². The Bertz CT molecular complexity index is 666. The molecule has 1 aromatic carbocycles. The van der Waals surface area contributed by atoms with Crippen molar-refractivity contribution in [2.24, 2.45) is 0 Å². The molecule has 1 aromatic heterocycles. The number of hydrogen-bond donors (Lipinski definition) is 1. The van der Waals surface area contributed by atoms with Crippen molar-refractivity contribution in [3.05, 3.63) is 45.9 Å². The second kappa shape index (κ2) is 6.80. The topological polar surface area (TPSA) is 59.1 Å². The van der Waals surface area contributed by atoms with Gasteiger partial charge in [-0.1, -0.05) is 28.1 Å². The van der Waals surface area contributed by atoms with Crippen molar-refractivity contribution in [2.75, 3.05) is 6.54 Å². The van der Waals surface area contributed by atoms with Gasteiger partial charge in [0.25, 0.3) is 0 Å². The summed E-state index contributed by atoms with van der Waals surface area (Å²) in [6.07, 6.45) is 0.608. The van der Waals surface area contributed by atoms with Crippen LogP contribution >= 0.6 is 27.3 Å². The summed E-state index contributed by atoms with van der Waals surface area (Å²) in [6, 6.07) is 6.83. The van der Waals surface area contributed by atoms with Gasteiger partial charge in [-0.15, -0.1) is 11.3 Å². The summed E-state index contributed by atoms with van der Waals surface area (Å²) in [5.74, 6) is 0. The Kier molecular flexibility index (Phi) is 5.31. The number of nitrogens with one attached hydrogen (secondary N) is 1. The molecular formula is C13H15BrN2O2S2. The number of sulfonamides is 1. The lowest BCUT2D eigenvalue weighted by molar-refractivity contribution is 0.581. The van der Waals surface area contributed by atoms with Crippen molar-refractivity contribution < 1.29 is 8.42 Å². The van der Waals surface area contributed by atoms with Crippen molar-refractivity contribution in [3.8, 4) is 0 Å². The van der Waals surface area contributed by atoms with Gasteiger partial charge in [-0.25, -0.2) is 18.1 Å². The lowest BCUT2D eigenvalue weighted by Crippen LogP contribution is -2.26. The summed E-state index contributed by atoms with van der Waals surface area (Å²) in [6.45, 7) is 2.28. The minimum absolute atomic E-state index is 0.289. The van der Waals surface area contributed by atoms with Gasteiger partial charge in [0.15, 0.2) is 0 Å². The molecule has 1 heterocycles. The van der Waals surface area contributed by atoms with Gasteiger partial charge in [0.2, 0.25) is 10.0 Å². The van der Waals surface area contributed by atoms with Crippen LogP contribution in [-0.2, 0) is 21.8 Å². The second-order valence-electron chi connectivity index (χ2n) is 4.31. The predicted molar refractivity (Wildman–Crippen MR) is 84.8 cm³/mol. The van der Waals surface area contributed by atoms with Gasteiger partial charge < -0.3 is 0 Å². The fourth-order valence-electron chi connectivity index (χ4n) is 1.65. The van der Waals surface area contributed by atoms with Crippen LogP contribution in [0.1, 0.15) is 16.3 Å². The van der Waals surface area contributed by atoms with Gasteiger partial charge in [0, 0.05) is 29.4 Å². The van der Waals surface area contributed by atoms with Crippen molar-refractivity contribution >= 4 is 37.3 Å². The normalized spacial score (nSPS) is 11.7. The Balaban J connectivity index is 1.96. The standard InChI is InChI=1S/C13H15BrN2O2S2/c1-10-9-19-13(16-10)6-7-15-20(17,18)12-4-2-11(8-14)3-5-12/h2-5,9,15H,6-8H2,1H3. The highest BCUT2D eigenvalue weighted by molar-refractivity contribution is 9.08. The third kappa shape index (κ3) is 4.12. The van der Waals surface area contributed by atoms with E-state index in [0.717, 1.165) is 16.3 Å². The SMILES string of the molecule is Cc1csc(CCNS(=O)(=O)c2ccc(CBr)cc2)n1. The number of nitrogens with zero attached hydrogens (tertiary/aromatic N) is 1. The minimum Gasteiger partial charge on any atom is -0.247 e. The summed E-state index contributed by atoms with van der Waals surface area (Å²) in [5, 5.41) is 3.62. The Labute approximate surface area is 131 Å². The van der Waals surface area contributed by atoms with E-state index in [9.17, 15) is 8.42 Å². The van der Waals surface area contributed by atoms with E-state index in [2.05, 4.69) is 25.6 Å². The smallest absolute Gasteiger partial charge is 0.240 e. The zero-order valence-electron chi connectivity index (χ0n) is 11.0. The van der Waals surface area contributed by atoms with E-state index in [1.165, 1.54) is 0 Å². The summed E-state index contributed by atoms with van der Waals surface area (Å²) in [4.78, 5) is 4.59. The van der Waals surface area contributed by atoms with Crippen LogP contribution in [0.15, 0.2) is 34.5 Å². The average molecular weight is 375 g/mol. The minimum atomic E-state index is -3.44. The molecule has 0 amide bonds. The zero-order valence-corrected chi connectivity index (χ0v) is 14.2. The lowest BCUT2D eigenvalue weighted by Gasteiger charge is -2.06. The number of rotatable bonds is 6. The number of aromatic nitrogens is 1. The molecule has 0 saturated heterocycles. The van der Waals surface area contributed by atoms with E-state index >= 15 is 0 Å². The first-order valence-electron chi connectivity index (χ1n) is 6.07. The molecule has 2 rings (SSSR count). The van der Waals surface area contributed by atoms with Gasteiger partial charge in [-0.2, -0.15) is 0 Å². The molecule has 7 heteroatoms. The van der Waals surface area contributed by atoms with Crippen LogP contribution < -0.4 is 4.72 Å². The Morgan fingerprint density at radius 1 is 1.30 bits per heavy atom. The number of hydrogen-bond acceptors (Lipinski definition) is 4. The monoisotopic (exact) mass is 374 g/mol. The third-order valence-electron chi connectivity index (χ3n) is 2.69. The zero-order chi connectivity index (χ0) is 14.6. The van der Waals surface area contributed by atoms with E-state index in [0.29, 0.717) is 18.3 Å². The first-order chi connectivity index (χ1) is 9.51. The molecule has 0 bridgehead atoms. The average Bonchev–Trinajstić information content (AvgIpc) is 2.84. The summed E-state index contributed by atoms with van der Waals surface area (Å²) < 4.78 is 26.8. The predicted octanol–water partition coefficient (Wildman–Crippen LogP) is 2.87. The van der Waals surface area contributed by atoms with Crippen LogP contribution in [0.3, 0.4) is 0 Å². The number of benzene rings is 1. The van der Waals surface area contributed by atoms with Crippen molar-refractivity contribution in [2.45, 2.75) is 23.6 Å². The highest BCUT2D eigenvalue weighted by Crippen LogP contribution is 2.13. The third-order valence-corrected chi connectivity index (χ3v) is 5.84. The largest absolute Gasteiger partial charge is 0.247 e. The fourth-order valence-corrected chi connectivity index (χ4v) is 3.83. The fraction of sp³-hybridized carbons (Fsp3) is 0.308. The molecule has 1 N–H and O–H groups in total. The number of aryl methyl sites for hydroxylation is 1. The maximum absolute atomic E-state index is 12.1. The quantitative estimate of drug-likeness (QED) is 0.790. The highest BCUT2D eigenvalue weighted by atomic mass is 79.9. The number of thiazole rings is 1. The molecule has 0 aliphatic heterocycles.